The summed E-state index contributed by atoms with van der Waals surface area (Å²) in [5.74, 6) is 0. The summed E-state index contributed by atoms with van der Waals surface area (Å²) in [6.07, 6.45) is 0. The maximum absolute atomic E-state index is 3.71. The van der Waals surface area contributed by atoms with Crippen molar-refractivity contribution in [3.05, 3.63) is 93.7 Å². The van der Waals surface area contributed by atoms with Crippen LogP contribution in [0.2, 0.25) is 0 Å². The van der Waals surface area contributed by atoms with E-state index < -0.39 is 0 Å². The molecular formula is C19H19NS. The van der Waals surface area contributed by atoms with Crippen molar-refractivity contribution >= 4 is 11.3 Å². The molecule has 106 valence electrons. The highest BCUT2D eigenvalue weighted by atomic mass is 32.1. The summed E-state index contributed by atoms with van der Waals surface area (Å²) in [6.45, 7) is 3.05. The molecule has 21 heavy (non-hydrogen) atoms. The monoisotopic (exact) mass is 293 g/mol. The Hall–Kier alpha value is -1.90. The van der Waals surface area contributed by atoms with Gasteiger partial charge < -0.3 is 5.32 Å². The molecule has 0 amide bonds. The number of hydrogen-bond donors (Lipinski definition) is 1. The molecule has 0 aliphatic rings. The predicted molar refractivity (Wildman–Crippen MR) is 90.6 cm³/mol. The first-order valence-corrected chi connectivity index (χ1v) is 8.09. The maximum Gasteiger partial charge on any atom is 0.0673 e. The Balaban J connectivity index is 1.82. The number of benzene rings is 2. The van der Waals surface area contributed by atoms with E-state index in [9.17, 15) is 0 Å². The highest BCUT2D eigenvalue weighted by Gasteiger charge is 2.14. The molecular weight excluding hydrogens is 274 g/mol. The summed E-state index contributed by atoms with van der Waals surface area (Å²) in [5, 5.41) is 5.85. The summed E-state index contributed by atoms with van der Waals surface area (Å²) in [4.78, 5) is 1.36. The minimum absolute atomic E-state index is 0.255. The molecule has 1 unspecified atom stereocenters. The van der Waals surface area contributed by atoms with Gasteiger partial charge in [-0.15, -0.1) is 11.3 Å². The van der Waals surface area contributed by atoms with Crippen LogP contribution >= 0.6 is 11.3 Å². The van der Waals surface area contributed by atoms with E-state index in [1.54, 1.807) is 11.3 Å². The summed E-state index contributed by atoms with van der Waals surface area (Å²) < 4.78 is 0. The Morgan fingerprint density at radius 3 is 2.38 bits per heavy atom. The third-order valence-electron chi connectivity index (χ3n) is 3.72. The lowest BCUT2D eigenvalue weighted by Crippen LogP contribution is -2.21. The number of nitrogens with one attached hydrogen (secondary N) is 1. The average molecular weight is 293 g/mol. The average Bonchev–Trinajstić information content (AvgIpc) is 3.04. The molecule has 0 aliphatic heterocycles. The highest BCUT2D eigenvalue weighted by molar-refractivity contribution is 7.10. The Labute approximate surface area is 130 Å². The minimum atomic E-state index is 0.255. The van der Waals surface area contributed by atoms with E-state index in [0.29, 0.717) is 0 Å². The Kier molecular flexibility index (Phi) is 4.49. The third-order valence-corrected chi connectivity index (χ3v) is 4.66. The van der Waals surface area contributed by atoms with E-state index >= 15 is 0 Å². The zero-order valence-electron chi connectivity index (χ0n) is 12.1. The van der Waals surface area contributed by atoms with Gasteiger partial charge in [-0.05, 0) is 35.1 Å². The van der Waals surface area contributed by atoms with Crippen molar-refractivity contribution in [1.29, 1.82) is 0 Å². The molecule has 2 heteroatoms. The van der Waals surface area contributed by atoms with Crippen LogP contribution in [0.15, 0.2) is 72.1 Å². The second-order valence-corrected chi connectivity index (χ2v) is 6.15. The molecule has 1 N–H and O–H groups in total. The molecule has 0 saturated carbocycles. The quantitative estimate of drug-likeness (QED) is 0.703. The fourth-order valence-corrected chi connectivity index (χ4v) is 3.33. The molecule has 3 rings (SSSR count). The van der Waals surface area contributed by atoms with Crippen LogP contribution in [-0.4, -0.2) is 0 Å². The van der Waals surface area contributed by atoms with E-state index in [4.69, 9.17) is 0 Å². The molecule has 0 bridgehead atoms. The number of thiophene rings is 1. The molecule has 1 heterocycles. The Bertz CT molecular complexity index is 674. The number of rotatable bonds is 5. The lowest BCUT2D eigenvalue weighted by atomic mass is 10.0. The molecule has 2 aromatic carbocycles. The fourth-order valence-electron chi connectivity index (χ4n) is 2.50. The van der Waals surface area contributed by atoms with Crippen LogP contribution in [0, 0.1) is 6.92 Å². The van der Waals surface area contributed by atoms with Gasteiger partial charge in [-0.2, -0.15) is 0 Å². The second kappa shape index (κ2) is 6.70. The van der Waals surface area contributed by atoms with Gasteiger partial charge in [-0.1, -0.05) is 60.7 Å². The van der Waals surface area contributed by atoms with Crippen molar-refractivity contribution in [1.82, 2.24) is 5.32 Å². The smallest absolute Gasteiger partial charge is 0.0673 e. The summed E-state index contributed by atoms with van der Waals surface area (Å²) >= 11 is 1.80. The molecule has 1 nitrogen and oxygen atoms in total. The van der Waals surface area contributed by atoms with Gasteiger partial charge in [0, 0.05) is 11.4 Å². The van der Waals surface area contributed by atoms with Crippen molar-refractivity contribution in [2.24, 2.45) is 0 Å². The van der Waals surface area contributed by atoms with Crippen LogP contribution in [-0.2, 0) is 6.54 Å². The first-order valence-electron chi connectivity index (χ1n) is 7.21. The van der Waals surface area contributed by atoms with Crippen LogP contribution < -0.4 is 5.32 Å². The molecule has 0 radical (unpaired) electrons. The molecule has 0 aliphatic carbocycles. The van der Waals surface area contributed by atoms with Gasteiger partial charge in [0.15, 0.2) is 0 Å². The third kappa shape index (κ3) is 3.41. The lowest BCUT2D eigenvalue weighted by molar-refractivity contribution is 0.611. The standard InChI is InChI=1S/C19H19NS/c1-15-8-5-6-11-17(15)14-20-19(18-12-7-13-21-18)16-9-3-2-4-10-16/h2-13,19-20H,14H2,1H3. The second-order valence-electron chi connectivity index (χ2n) is 5.17. The molecule has 1 aromatic heterocycles. The van der Waals surface area contributed by atoms with Gasteiger partial charge in [0.2, 0.25) is 0 Å². The SMILES string of the molecule is Cc1ccccc1CNC(c1ccccc1)c1cccs1. The van der Waals surface area contributed by atoms with Gasteiger partial charge in [0.25, 0.3) is 0 Å². The predicted octanol–water partition coefficient (Wildman–Crippen LogP) is 4.94. The zero-order valence-corrected chi connectivity index (χ0v) is 12.9. The molecule has 0 saturated heterocycles. The molecule has 0 spiro atoms. The molecule has 3 aromatic rings. The van der Waals surface area contributed by atoms with Crippen LogP contribution in [0.1, 0.15) is 27.6 Å². The fraction of sp³-hybridized carbons (Fsp3) is 0.158. The van der Waals surface area contributed by atoms with Crippen molar-refractivity contribution in [2.75, 3.05) is 0 Å². The van der Waals surface area contributed by atoms with Gasteiger partial charge >= 0.3 is 0 Å². The molecule has 0 fully saturated rings. The van der Waals surface area contributed by atoms with E-state index in [1.165, 1.54) is 21.6 Å². The van der Waals surface area contributed by atoms with Gasteiger partial charge in [-0.25, -0.2) is 0 Å². The largest absolute Gasteiger partial charge is 0.301 e. The summed E-state index contributed by atoms with van der Waals surface area (Å²) in [7, 11) is 0. The van der Waals surface area contributed by atoms with Crippen LogP contribution in [0.3, 0.4) is 0 Å². The normalized spacial score (nSPS) is 12.2. The Morgan fingerprint density at radius 1 is 0.905 bits per heavy atom. The first-order chi connectivity index (χ1) is 10.3. The van der Waals surface area contributed by atoms with Gasteiger partial charge in [0.05, 0.1) is 6.04 Å². The van der Waals surface area contributed by atoms with Crippen LogP contribution in [0.4, 0.5) is 0 Å². The lowest BCUT2D eigenvalue weighted by Gasteiger charge is -2.19. The highest BCUT2D eigenvalue weighted by Crippen LogP contribution is 2.26. The van der Waals surface area contributed by atoms with Gasteiger partial charge in [-0.3, -0.25) is 0 Å². The van der Waals surface area contributed by atoms with E-state index in [-0.39, 0.29) is 6.04 Å². The van der Waals surface area contributed by atoms with Crippen molar-refractivity contribution in [2.45, 2.75) is 19.5 Å². The zero-order chi connectivity index (χ0) is 14.5. The van der Waals surface area contributed by atoms with Crippen molar-refractivity contribution < 1.29 is 0 Å². The van der Waals surface area contributed by atoms with Crippen molar-refractivity contribution in [3.63, 3.8) is 0 Å². The summed E-state index contributed by atoms with van der Waals surface area (Å²) in [6, 6.07) is 23.8. The van der Waals surface area contributed by atoms with Crippen LogP contribution in [0.5, 0.6) is 0 Å². The topological polar surface area (TPSA) is 12.0 Å². The number of hydrogen-bond acceptors (Lipinski definition) is 2. The first kappa shape index (κ1) is 14.1. The minimum Gasteiger partial charge on any atom is -0.301 e. The number of aryl methyl sites for hydroxylation is 1. The van der Waals surface area contributed by atoms with E-state index in [1.807, 2.05) is 0 Å². The summed E-state index contributed by atoms with van der Waals surface area (Å²) in [5.41, 5.74) is 4.01. The van der Waals surface area contributed by atoms with Gasteiger partial charge in [0.1, 0.15) is 0 Å². The molecule has 1 atom stereocenters. The van der Waals surface area contributed by atoms with E-state index in [2.05, 4.69) is 84.4 Å². The van der Waals surface area contributed by atoms with Crippen LogP contribution in [0.25, 0.3) is 0 Å². The van der Waals surface area contributed by atoms with Crippen molar-refractivity contribution in [3.8, 4) is 0 Å². The Morgan fingerprint density at radius 2 is 1.67 bits per heavy atom. The maximum atomic E-state index is 3.71. The van der Waals surface area contributed by atoms with E-state index in [0.717, 1.165) is 6.54 Å².